The molecular formula is C52H36N2O. The van der Waals surface area contributed by atoms with E-state index in [4.69, 9.17) is 14.7 Å². The number of hydrogen-bond acceptors (Lipinski definition) is 3. The number of para-hydroxylation sites is 2. The Morgan fingerprint density at radius 2 is 1.13 bits per heavy atom. The summed E-state index contributed by atoms with van der Waals surface area (Å²) in [5.74, 6) is 2.83. The molecule has 0 fully saturated rings. The summed E-state index contributed by atoms with van der Waals surface area (Å²) in [5, 5.41) is 1.04. The Morgan fingerprint density at radius 3 is 1.91 bits per heavy atom. The van der Waals surface area contributed by atoms with E-state index in [2.05, 4.69) is 177 Å². The van der Waals surface area contributed by atoms with Crippen molar-refractivity contribution in [3.8, 4) is 50.6 Å². The lowest BCUT2D eigenvalue weighted by Gasteiger charge is -2.43. The Morgan fingerprint density at radius 1 is 0.527 bits per heavy atom. The third kappa shape index (κ3) is 4.83. The van der Waals surface area contributed by atoms with E-state index in [0.29, 0.717) is 5.82 Å². The van der Waals surface area contributed by atoms with Crippen molar-refractivity contribution < 1.29 is 4.74 Å². The molecule has 1 aromatic heterocycles. The van der Waals surface area contributed by atoms with E-state index in [1.807, 2.05) is 12.1 Å². The largest absolute Gasteiger partial charge is 0.457 e. The van der Waals surface area contributed by atoms with Crippen LogP contribution in [0.25, 0.3) is 61.4 Å². The van der Waals surface area contributed by atoms with Crippen molar-refractivity contribution in [3.05, 3.63) is 216 Å². The summed E-state index contributed by atoms with van der Waals surface area (Å²) in [6.45, 7) is 2.35. The normalized spacial score (nSPS) is 16.2. The number of aromatic nitrogens is 2. The first kappa shape index (κ1) is 31.7. The van der Waals surface area contributed by atoms with Gasteiger partial charge in [-0.15, -0.1) is 0 Å². The van der Waals surface area contributed by atoms with Crippen molar-refractivity contribution in [1.29, 1.82) is 0 Å². The lowest BCUT2D eigenvalue weighted by atomic mass is 9.62. The molecule has 2 aliphatic carbocycles. The highest BCUT2D eigenvalue weighted by Crippen LogP contribution is 2.62. The van der Waals surface area contributed by atoms with Crippen LogP contribution in [0.1, 0.15) is 35.6 Å². The summed E-state index contributed by atoms with van der Waals surface area (Å²) in [5.41, 5.74) is 16.1. The van der Waals surface area contributed by atoms with Crippen molar-refractivity contribution in [2.45, 2.75) is 18.8 Å². The second-order valence-corrected chi connectivity index (χ2v) is 14.9. The molecule has 0 bridgehead atoms. The third-order valence-corrected chi connectivity index (χ3v) is 11.9. The molecule has 260 valence electrons. The highest BCUT2D eigenvalue weighted by atomic mass is 16.5. The monoisotopic (exact) mass is 704 g/mol. The minimum atomic E-state index is -0.413. The Labute approximate surface area is 321 Å². The molecule has 2 heterocycles. The number of nitrogens with zero attached hydrogens (tertiary/aromatic N) is 2. The molecular weight excluding hydrogens is 669 g/mol. The van der Waals surface area contributed by atoms with Gasteiger partial charge in [-0.2, -0.15) is 0 Å². The molecule has 3 nitrogen and oxygen atoms in total. The Bertz CT molecular complexity index is 2840. The molecule has 0 amide bonds. The van der Waals surface area contributed by atoms with Crippen molar-refractivity contribution in [3.63, 3.8) is 0 Å². The zero-order chi connectivity index (χ0) is 36.5. The van der Waals surface area contributed by atoms with Gasteiger partial charge in [-0.1, -0.05) is 165 Å². The fraction of sp³-hybridized carbons (Fsp3) is 0.0769. The Hall–Kier alpha value is -6.84. The molecule has 1 unspecified atom stereocenters. The van der Waals surface area contributed by atoms with Crippen molar-refractivity contribution in [1.82, 2.24) is 9.97 Å². The summed E-state index contributed by atoms with van der Waals surface area (Å²) >= 11 is 0. The van der Waals surface area contributed by atoms with Gasteiger partial charge in [0.15, 0.2) is 5.82 Å². The highest BCUT2D eigenvalue weighted by molar-refractivity contribution is 5.94. The molecule has 0 radical (unpaired) electrons. The maximum absolute atomic E-state index is 6.90. The van der Waals surface area contributed by atoms with Gasteiger partial charge in [0.1, 0.15) is 11.5 Å². The molecule has 0 saturated carbocycles. The SMILES string of the molecule is CC1CC2=C(C=C1c1cccc(-c3nc(-c4ccc(-c5ccccc5)cc4)c4ccccc4n3)c1)Oc1ccccc1C21c2ccccc2-c2ccccc21. The topological polar surface area (TPSA) is 35.0 Å². The van der Waals surface area contributed by atoms with Crippen molar-refractivity contribution in [2.24, 2.45) is 5.92 Å². The average molecular weight is 705 g/mol. The molecule has 55 heavy (non-hydrogen) atoms. The predicted octanol–water partition coefficient (Wildman–Crippen LogP) is 12.7. The molecule has 1 spiro atoms. The van der Waals surface area contributed by atoms with Crippen LogP contribution >= 0.6 is 0 Å². The van der Waals surface area contributed by atoms with Gasteiger partial charge in [0, 0.05) is 22.1 Å². The van der Waals surface area contributed by atoms with Gasteiger partial charge in [-0.25, -0.2) is 9.97 Å². The first-order chi connectivity index (χ1) is 27.2. The van der Waals surface area contributed by atoms with Gasteiger partial charge >= 0.3 is 0 Å². The fourth-order valence-corrected chi connectivity index (χ4v) is 9.40. The van der Waals surface area contributed by atoms with Crippen LogP contribution in [0.15, 0.2) is 193 Å². The maximum Gasteiger partial charge on any atom is 0.160 e. The molecule has 0 saturated heterocycles. The van der Waals surface area contributed by atoms with Gasteiger partial charge in [0.05, 0.1) is 16.6 Å². The minimum absolute atomic E-state index is 0.246. The standard InChI is InChI=1S/C52H36N2O/c1-33-30-46-49(55-48-25-12-10-23-45(48)52(46)43-21-8-5-18-39(43)40-19-6-9-22-44(40)52)32-42(33)37-16-13-17-38(31-37)51-53-47-24-11-7-20-41(47)50(54-51)36-28-26-35(27-29-36)34-14-3-2-4-15-34/h2-29,31-33H,30H2,1H3. The number of allylic oxidation sites excluding steroid dienone is 3. The number of hydrogen-bond donors (Lipinski definition) is 0. The van der Waals surface area contributed by atoms with Gasteiger partial charge in [-0.3, -0.25) is 0 Å². The molecule has 3 heteroatoms. The summed E-state index contributed by atoms with van der Waals surface area (Å²) in [6, 6.07) is 62.8. The Kier molecular flexibility index (Phi) is 7.12. The smallest absolute Gasteiger partial charge is 0.160 e. The molecule has 7 aromatic carbocycles. The second-order valence-electron chi connectivity index (χ2n) is 14.9. The molecule has 0 N–H and O–H groups in total. The van der Waals surface area contributed by atoms with Crippen LogP contribution < -0.4 is 4.74 Å². The van der Waals surface area contributed by atoms with Crippen LogP contribution in [0.3, 0.4) is 0 Å². The number of ether oxygens (including phenoxy) is 1. The number of benzene rings is 7. The molecule has 8 aromatic rings. The number of fused-ring (bicyclic) bond motifs is 9. The molecule has 1 atom stereocenters. The summed E-state index contributed by atoms with van der Waals surface area (Å²) < 4.78 is 6.90. The number of rotatable bonds is 4. The zero-order valence-electron chi connectivity index (χ0n) is 30.4. The van der Waals surface area contributed by atoms with E-state index < -0.39 is 5.41 Å². The van der Waals surface area contributed by atoms with E-state index in [9.17, 15) is 0 Å². The second kappa shape index (κ2) is 12.4. The van der Waals surface area contributed by atoms with E-state index in [-0.39, 0.29) is 5.92 Å². The van der Waals surface area contributed by atoms with Gasteiger partial charge in [-0.05, 0) is 86.7 Å². The van der Waals surface area contributed by atoms with Gasteiger partial charge in [0.25, 0.3) is 0 Å². The van der Waals surface area contributed by atoms with E-state index >= 15 is 0 Å². The first-order valence-corrected chi connectivity index (χ1v) is 19.1. The fourth-order valence-electron chi connectivity index (χ4n) is 9.40. The lowest BCUT2D eigenvalue weighted by Crippen LogP contribution is -2.36. The van der Waals surface area contributed by atoms with Crippen LogP contribution in [-0.2, 0) is 5.41 Å². The zero-order valence-corrected chi connectivity index (χ0v) is 30.4. The van der Waals surface area contributed by atoms with Crippen molar-refractivity contribution in [2.75, 3.05) is 0 Å². The van der Waals surface area contributed by atoms with E-state index in [0.717, 1.165) is 51.2 Å². The summed E-state index contributed by atoms with van der Waals surface area (Å²) in [6.07, 6.45) is 3.18. The van der Waals surface area contributed by atoms with Crippen LogP contribution in [-0.4, -0.2) is 9.97 Å². The van der Waals surface area contributed by atoms with Crippen LogP contribution in [0.4, 0.5) is 0 Å². The first-order valence-electron chi connectivity index (χ1n) is 19.1. The van der Waals surface area contributed by atoms with Crippen LogP contribution in [0.2, 0.25) is 0 Å². The summed E-state index contributed by atoms with van der Waals surface area (Å²) in [4.78, 5) is 10.4. The third-order valence-electron chi connectivity index (χ3n) is 11.9. The van der Waals surface area contributed by atoms with Gasteiger partial charge in [0.2, 0.25) is 0 Å². The minimum Gasteiger partial charge on any atom is -0.457 e. The highest BCUT2D eigenvalue weighted by Gasteiger charge is 2.52. The van der Waals surface area contributed by atoms with E-state index in [1.165, 1.54) is 50.1 Å². The molecule has 11 rings (SSSR count). The molecule has 1 aliphatic heterocycles. The quantitative estimate of drug-likeness (QED) is 0.183. The predicted molar refractivity (Wildman–Crippen MR) is 223 cm³/mol. The Balaban J connectivity index is 1.03. The van der Waals surface area contributed by atoms with Crippen molar-refractivity contribution >= 4 is 16.5 Å². The summed E-state index contributed by atoms with van der Waals surface area (Å²) in [7, 11) is 0. The van der Waals surface area contributed by atoms with Gasteiger partial charge < -0.3 is 4.74 Å². The van der Waals surface area contributed by atoms with E-state index in [1.54, 1.807) is 0 Å². The molecule has 3 aliphatic rings. The van der Waals surface area contributed by atoms with Crippen LogP contribution in [0.5, 0.6) is 5.75 Å². The maximum atomic E-state index is 6.90. The van der Waals surface area contributed by atoms with Crippen LogP contribution in [0, 0.1) is 5.92 Å². The average Bonchev–Trinajstić information content (AvgIpc) is 3.54. The lowest BCUT2D eigenvalue weighted by molar-refractivity contribution is 0.383.